The van der Waals surface area contributed by atoms with E-state index in [0.29, 0.717) is 6.42 Å². The van der Waals surface area contributed by atoms with Crippen LogP contribution in [0.4, 0.5) is 11.4 Å². The Labute approximate surface area is 116 Å². The van der Waals surface area contributed by atoms with Gasteiger partial charge in [0, 0.05) is 23.0 Å². The van der Waals surface area contributed by atoms with Crippen molar-refractivity contribution in [3.05, 3.63) is 33.3 Å². The molecule has 104 valence electrons. The minimum absolute atomic E-state index is 0.134. The molecule has 0 bridgehead atoms. The summed E-state index contributed by atoms with van der Waals surface area (Å²) in [4.78, 5) is 22.0. The molecule has 19 heavy (non-hydrogen) atoms. The highest BCUT2D eigenvalue weighted by molar-refractivity contribution is 6.31. The van der Waals surface area contributed by atoms with E-state index in [9.17, 15) is 14.9 Å². The molecular weight excluding hydrogens is 270 g/mol. The number of carbonyl (C=O) groups excluding carboxylic acids is 1. The second-order valence-corrected chi connectivity index (χ2v) is 5.39. The zero-order valence-corrected chi connectivity index (χ0v) is 11.5. The van der Waals surface area contributed by atoms with Crippen LogP contribution in [0.15, 0.2) is 18.2 Å². The fourth-order valence-electron chi connectivity index (χ4n) is 1.41. The molecule has 0 aliphatic carbocycles. The molecule has 0 radical (unpaired) electrons. The summed E-state index contributed by atoms with van der Waals surface area (Å²) in [6.07, 6.45) is 0.684. The average Bonchev–Trinajstić information content (AvgIpc) is 2.28. The zero-order valence-electron chi connectivity index (χ0n) is 10.8. The average molecular weight is 286 g/mol. The van der Waals surface area contributed by atoms with Gasteiger partial charge in [-0.25, -0.2) is 0 Å². The van der Waals surface area contributed by atoms with Gasteiger partial charge in [0.1, 0.15) is 5.69 Å². The second kappa shape index (κ2) is 5.99. The lowest BCUT2D eigenvalue weighted by molar-refractivity contribution is -0.383. The summed E-state index contributed by atoms with van der Waals surface area (Å²) in [6, 6.07) is 4.09. The minimum Gasteiger partial charge on any atom is -0.326 e. The Morgan fingerprint density at radius 3 is 2.68 bits per heavy atom. The third-order valence-electron chi connectivity index (χ3n) is 2.43. The quantitative estimate of drug-likeness (QED) is 0.642. The molecule has 0 atom stereocenters. The molecule has 1 rings (SSSR count). The summed E-state index contributed by atoms with van der Waals surface area (Å²) in [5.74, 6) is -0.316. The molecule has 0 spiro atoms. The third kappa shape index (κ3) is 5.23. The number of benzene rings is 1. The number of carbonyl (C=O) groups is 1. The lowest BCUT2D eigenvalue weighted by Gasteiger charge is -2.17. The van der Waals surface area contributed by atoms with Gasteiger partial charge in [-0.3, -0.25) is 14.9 Å². The highest BCUT2D eigenvalue weighted by atomic mass is 35.5. The van der Waals surface area contributed by atoms with Crippen LogP contribution < -0.4 is 11.1 Å². The molecule has 3 N–H and O–H groups in total. The number of nitrogens with two attached hydrogens (primary N) is 1. The van der Waals surface area contributed by atoms with Crippen molar-refractivity contribution in [1.82, 2.24) is 0 Å². The van der Waals surface area contributed by atoms with E-state index in [2.05, 4.69) is 5.32 Å². The molecule has 1 aromatic rings. The van der Waals surface area contributed by atoms with E-state index in [-0.39, 0.29) is 28.7 Å². The van der Waals surface area contributed by atoms with Crippen LogP contribution in [0.5, 0.6) is 0 Å². The van der Waals surface area contributed by atoms with Gasteiger partial charge in [0.05, 0.1) is 4.92 Å². The van der Waals surface area contributed by atoms with Crippen molar-refractivity contribution < 1.29 is 9.72 Å². The predicted molar refractivity (Wildman–Crippen MR) is 74.2 cm³/mol. The van der Waals surface area contributed by atoms with E-state index < -0.39 is 10.5 Å². The first-order valence-corrected chi connectivity index (χ1v) is 6.09. The maximum atomic E-state index is 11.7. The number of nitro groups is 1. The Morgan fingerprint density at radius 2 is 2.16 bits per heavy atom. The molecule has 1 aromatic carbocycles. The first-order chi connectivity index (χ1) is 8.69. The molecule has 0 heterocycles. The van der Waals surface area contributed by atoms with Crippen LogP contribution in [0.1, 0.15) is 26.7 Å². The smallest absolute Gasteiger partial charge is 0.294 e. The van der Waals surface area contributed by atoms with Crippen molar-refractivity contribution in [3.8, 4) is 0 Å². The van der Waals surface area contributed by atoms with E-state index in [1.165, 1.54) is 18.2 Å². The Hall–Kier alpha value is -1.66. The summed E-state index contributed by atoms with van der Waals surface area (Å²) in [5, 5.41) is 13.6. The summed E-state index contributed by atoms with van der Waals surface area (Å²) in [5.41, 5.74) is 5.22. The normalized spacial score (nSPS) is 11.2. The molecule has 0 aromatic heterocycles. The van der Waals surface area contributed by atoms with Crippen molar-refractivity contribution in [2.45, 2.75) is 32.2 Å². The third-order valence-corrected chi connectivity index (χ3v) is 2.66. The van der Waals surface area contributed by atoms with E-state index >= 15 is 0 Å². The van der Waals surface area contributed by atoms with E-state index in [1.807, 2.05) is 13.8 Å². The number of nitrogens with one attached hydrogen (secondary N) is 1. The van der Waals surface area contributed by atoms with Crippen LogP contribution in [-0.4, -0.2) is 16.4 Å². The van der Waals surface area contributed by atoms with Crippen LogP contribution in [0, 0.1) is 10.1 Å². The fourth-order valence-corrected chi connectivity index (χ4v) is 1.58. The summed E-state index contributed by atoms with van der Waals surface area (Å²) in [6.45, 7) is 3.62. The summed E-state index contributed by atoms with van der Waals surface area (Å²) < 4.78 is 0. The molecule has 0 aliphatic heterocycles. The minimum atomic E-state index is -0.589. The molecule has 0 aliphatic rings. The Kier molecular flexibility index (Phi) is 4.85. The monoisotopic (exact) mass is 285 g/mol. The van der Waals surface area contributed by atoms with Crippen LogP contribution in [0.3, 0.4) is 0 Å². The predicted octanol–water partition coefficient (Wildman–Crippen LogP) is 2.70. The van der Waals surface area contributed by atoms with E-state index in [1.54, 1.807) is 0 Å². The molecule has 1 amide bonds. The van der Waals surface area contributed by atoms with Gasteiger partial charge < -0.3 is 11.1 Å². The van der Waals surface area contributed by atoms with Gasteiger partial charge in [-0.1, -0.05) is 11.6 Å². The Bertz CT molecular complexity index is 497. The van der Waals surface area contributed by atoms with Crippen molar-refractivity contribution in [2.24, 2.45) is 5.73 Å². The van der Waals surface area contributed by atoms with Crippen molar-refractivity contribution >= 4 is 28.9 Å². The van der Waals surface area contributed by atoms with Crippen molar-refractivity contribution in [2.75, 3.05) is 5.32 Å². The topological polar surface area (TPSA) is 98.3 Å². The molecular formula is C12H16ClN3O3. The highest BCUT2D eigenvalue weighted by Crippen LogP contribution is 2.27. The zero-order chi connectivity index (χ0) is 14.6. The summed E-state index contributed by atoms with van der Waals surface area (Å²) >= 11 is 5.68. The SMILES string of the molecule is CC(C)(N)CCC(=O)Nc1ccc(Cl)cc1[N+](=O)[O-]. The number of rotatable bonds is 5. The molecule has 7 heteroatoms. The van der Waals surface area contributed by atoms with E-state index in [4.69, 9.17) is 17.3 Å². The fraction of sp³-hybridized carbons (Fsp3) is 0.417. The number of hydrogen-bond donors (Lipinski definition) is 2. The summed E-state index contributed by atoms with van der Waals surface area (Å²) in [7, 11) is 0. The molecule has 0 fully saturated rings. The highest BCUT2D eigenvalue weighted by Gasteiger charge is 2.18. The standard InChI is InChI=1S/C12H16ClN3O3/c1-12(2,14)6-5-11(17)15-9-4-3-8(13)7-10(9)16(18)19/h3-4,7H,5-6,14H2,1-2H3,(H,15,17). The van der Waals surface area contributed by atoms with E-state index in [0.717, 1.165) is 0 Å². The number of hydrogen-bond acceptors (Lipinski definition) is 4. The molecule has 0 saturated heterocycles. The van der Waals surface area contributed by atoms with Crippen LogP contribution >= 0.6 is 11.6 Å². The molecule has 0 saturated carbocycles. The Balaban J connectivity index is 2.77. The van der Waals surface area contributed by atoms with Gasteiger partial charge in [-0.2, -0.15) is 0 Å². The molecule has 0 unspecified atom stereocenters. The van der Waals surface area contributed by atoms with Crippen molar-refractivity contribution in [3.63, 3.8) is 0 Å². The molecule has 6 nitrogen and oxygen atoms in total. The lowest BCUT2D eigenvalue weighted by Crippen LogP contribution is -2.33. The van der Waals surface area contributed by atoms with Gasteiger partial charge >= 0.3 is 0 Å². The van der Waals surface area contributed by atoms with Gasteiger partial charge in [0.25, 0.3) is 5.69 Å². The van der Waals surface area contributed by atoms with Gasteiger partial charge in [0.2, 0.25) is 5.91 Å². The number of amides is 1. The number of anilines is 1. The van der Waals surface area contributed by atoms with Crippen LogP contribution in [0.25, 0.3) is 0 Å². The first-order valence-electron chi connectivity index (χ1n) is 5.72. The van der Waals surface area contributed by atoms with Gasteiger partial charge in [-0.15, -0.1) is 0 Å². The van der Waals surface area contributed by atoms with Crippen molar-refractivity contribution in [1.29, 1.82) is 0 Å². The maximum absolute atomic E-state index is 11.7. The largest absolute Gasteiger partial charge is 0.326 e. The second-order valence-electron chi connectivity index (χ2n) is 4.96. The number of halogens is 1. The number of nitro benzene ring substituents is 1. The number of nitrogens with zero attached hydrogens (tertiary/aromatic N) is 1. The first kappa shape index (κ1) is 15.4. The van der Waals surface area contributed by atoms with Gasteiger partial charge in [-0.05, 0) is 32.4 Å². The Morgan fingerprint density at radius 1 is 1.53 bits per heavy atom. The van der Waals surface area contributed by atoms with Crippen LogP contribution in [0.2, 0.25) is 5.02 Å². The lowest BCUT2D eigenvalue weighted by atomic mass is 10.00. The van der Waals surface area contributed by atoms with Crippen LogP contribution in [-0.2, 0) is 4.79 Å². The maximum Gasteiger partial charge on any atom is 0.294 e. The van der Waals surface area contributed by atoms with Gasteiger partial charge in [0.15, 0.2) is 0 Å².